The molecule has 5 atom stereocenters. The quantitative estimate of drug-likeness (QED) is 0.133. The van der Waals surface area contributed by atoms with E-state index in [0.29, 0.717) is 12.1 Å². The highest BCUT2D eigenvalue weighted by Crippen LogP contribution is 2.29. The second-order valence-corrected chi connectivity index (χ2v) is 18.7. The van der Waals surface area contributed by atoms with E-state index in [9.17, 15) is 36.6 Å². The predicted molar refractivity (Wildman–Crippen MR) is 184 cm³/mol. The van der Waals surface area contributed by atoms with Crippen molar-refractivity contribution in [3.05, 3.63) is 54.1 Å². The number of nitrogens with one attached hydrogen (secondary N) is 4. The Morgan fingerprint density at radius 1 is 0.979 bits per heavy atom. The van der Waals surface area contributed by atoms with Crippen LogP contribution in [0.2, 0.25) is 0 Å². The van der Waals surface area contributed by atoms with Crippen molar-refractivity contribution in [3.63, 3.8) is 0 Å². The van der Waals surface area contributed by atoms with Crippen LogP contribution in [0.5, 0.6) is 0 Å². The molecule has 1 heterocycles. The largest absolute Gasteiger partial charge is 0.392 e. The summed E-state index contributed by atoms with van der Waals surface area (Å²) >= 11 is 0. The molecule has 0 spiro atoms. The normalized spacial score (nSPS) is 18.0. The van der Waals surface area contributed by atoms with Gasteiger partial charge >= 0.3 is 0 Å². The van der Waals surface area contributed by atoms with E-state index in [4.69, 9.17) is 0 Å². The van der Waals surface area contributed by atoms with Gasteiger partial charge < -0.3 is 25.8 Å². The number of H-pyrrole nitrogens is 1. The smallest absolute Gasteiger partial charge is 0.243 e. The van der Waals surface area contributed by atoms with E-state index in [1.54, 1.807) is 20.8 Å². The molecular weight excluding hydrogens is 659 g/mol. The molecule has 1 aliphatic rings. The van der Waals surface area contributed by atoms with Crippen LogP contribution in [0.3, 0.4) is 0 Å². The second-order valence-electron chi connectivity index (χ2n) is 14.1. The Hall–Kier alpha value is -2.85. The Labute approximate surface area is 285 Å². The van der Waals surface area contributed by atoms with Crippen molar-refractivity contribution >= 4 is 31.7 Å². The van der Waals surface area contributed by atoms with Gasteiger partial charge in [0.2, 0.25) is 21.8 Å². The van der Waals surface area contributed by atoms with Gasteiger partial charge in [-0.3, -0.25) is 9.59 Å². The average Bonchev–Trinajstić information content (AvgIpc) is 3.52. The first kappa shape index (κ1) is 39.6. The zero-order chi connectivity index (χ0) is 35.5. The Morgan fingerprint density at radius 3 is 2.23 bits per heavy atom. The maximum absolute atomic E-state index is 14.0. The molecule has 1 fully saturated rings. The highest BCUT2D eigenvalue weighted by Gasteiger charge is 2.37. The number of hydrogen-bond donors (Lipinski definition) is 6. The molecule has 0 saturated heterocycles. The van der Waals surface area contributed by atoms with Crippen LogP contribution < -0.4 is 15.4 Å². The number of imidazole rings is 1. The molecule has 13 nitrogen and oxygen atoms in total. The topological polar surface area (TPSA) is 208 Å². The first-order valence-electron chi connectivity index (χ1n) is 16.6. The van der Waals surface area contributed by atoms with Crippen LogP contribution in [0.4, 0.5) is 0 Å². The number of aliphatic hydroxyl groups excluding tert-OH is 2. The molecule has 270 valence electrons. The summed E-state index contributed by atoms with van der Waals surface area (Å²) in [6, 6.07) is 7.13. The van der Waals surface area contributed by atoms with Gasteiger partial charge in [-0.25, -0.2) is 26.5 Å². The molecule has 2 amide bonds. The molecule has 1 aliphatic carbocycles. The minimum atomic E-state index is -3.72. The lowest BCUT2D eigenvalue weighted by molar-refractivity contribution is -0.131. The van der Waals surface area contributed by atoms with E-state index in [1.807, 2.05) is 30.3 Å². The molecule has 48 heavy (non-hydrogen) atoms. The number of aromatic amines is 1. The first-order chi connectivity index (χ1) is 22.4. The Balaban J connectivity index is 1.85. The number of nitrogens with zero attached hydrogens (tertiary/aromatic N) is 1. The van der Waals surface area contributed by atoms with Gasteiger partial charge in [0.1, 0.15) is 6.04 Å². The maximum Gasteiger partial charge on any atom is 0.243 e. The number of sulfonamides is 1. The summed E-state index contributed by atoms with van der Waals surface area (Å²) in [6.07, 6.45) is 6.95. The van der Waals surface area contributed by atoms with Crippen molar-refractivity contribution in [3.8, 4) is 0 Å². The molecule has 0 bridgehead atoms. The lowest BCUT2D eigenvalue weighted by Crippen LogP contribution is -2.55. The molecule has 2 aromatic rings. The van der Waals surface area contributed by atoms with Crippen LogP contribution in [0.1, 0.15) is 77.0 Å². The van der Waals surface area contributed by atoms with Crippen LogP contribution in [0.25, 0.3) is 0 Å². The molecule has 0 aliphatic heterocycles. The summed E-state index contributed by atoms with van der Waals surface area (Å²) in [4.78, 5) is 34.9. The summed E-state index contributed by atoms with van der Waals surface area (Å²) in [5.41, 5.74) is 1.33. The number of benzene rings is 1. The first-order valence-corrected chi connectivity index (χ1v) is 20.1. The number of aliphatic hydroxyl groups is 2. The third kappa shape index (κ3) is 13.2. The minimum absolute atomic E-state index is 0.0226. The highest BCUT2D eigenvalue weighted by atomic mass is 32.2. The van der Waals surface area contributed by atoms with Gasteiger partial charge in [0, 0.05) is 31.3 Å². The third-order valence-corrected chi connectivity index (χ3v) is 12.3. The van der Waals surface area contributed by atoms with Gasteiger partial charge in [0.25, 0.3) is 0 Å². The standard InChI is InChI=1S/C33H53N5O8S2/c1-33(2,3)48(45,46)21-25(15-23-11-7-5-8-12-23)31(41)38-29(17-26-19-34-22-35-26)32(42)37-28(16-24-13-9-6-10-14-24)30(40)18-27(39)20-36-47(4,43)44/h5,7-8,11-12,19,22,24-25,27-30,36,39-40H,6,9-10,13-18,20-21H2,1-4H3,(H,34,35)(H,37,42)(H,38,41)/t25?,27-,28-,29-,30-/m0/s1. The summed E-state index contributed by atoms with van der Waals surface area (Å²) in [6.45, 7) is 4.46. The van der Waals surface area contributed by atoms with Crippen LogP contribution in [0, 0.1) is 11.8 Å². The SMILES string of the molecule is CC(C)(C)S(=O)(=O)CC(Cc1ccccc1)C(=O)N[C@@H](Cc1cnc[nH]1)C(=O)N[C@@H](CC1CCCCC1)[C@@H](O)C[C@H](O)CNS(C)(=O)=O. The van der Waals surface area contributed by atoms with Gasteiger partial charge in [-0.15, -0.1) is 0 Å². The molecule has 1 aromatic heterocycles. The fraction of sp³-hybridized carbons (Fsp3) is 0.667. The number of amides is 2. The van der Waals surface area contributed by atoms with Crippen LogP contribution in [0.15, 0.2) is 42.9 Å². The summed E-state index contributed by atoms with van der Waals surface area (Å²) in [7, 11) is -7.28. The summed E-state index contributed by atoms with van der Waals surface area (Å²) in [5.74, 6) is -2.37. The molecule has 1 aromatic carbocycles. The fourth-order valence-corrected chi connectivity index (χ4v) is 7.70. The van der Waals surface area contributed by atoms with Crippen LogP contribution in [-0.4, -0.2) is 96.4 Å². The van der Waals surface area contributed by atoms with E-state index in [2.05, 4.69) is 25.3 Å². The van der Waals surface area contributed by atoms with Crippen molar-refractivity contribution in [2.24, 2.45) is 11.8 Å². The molecule has 3 rings (SSSR count). The van der Waals surface area contributed by atoms with Gasteiger partial charge in [0.15, 0.2) is 9.84 Å². The molecular formula is C33H53N5O8S2. The van der Waals surface area contributed by atoms with Gasteiger partial charge in [-0.1, -0.05) is 62.4 Å². The molecule has 15 heteroatoms. The Morgan fingerprint density at radius 2 is 1.65 bits per heavy atom. The lowest BCUT2D eigenvalue weighted by Gasteiger charge is -2.32. The number of carbonyl (C=O) groups excluding carboxylic acids is 2. The van der Waals surface area contributed by atoms with Crippen molar-refractivity contribution in [1.82, 2.24) is 25.3 Å². The van der Waals surface area contributed by atoms with Gasteiger partial charge in [-0.05, 0) is 45.1 Å². The van der Waals surface area contributed by atoms with Crippen LogP contribution >= 0.6 is 0 Å². The van der Waals surface area contributed by atoms with E-state index >= 15 is 0 Å². The van der Waals surface area contributed by atoms with E-state index in [0.717, 1.165) is 43.9 Å². The minimum Gasteiger partial charge on any atom is -0.392 e. The summed E-state index contributed by atoms with van der Waals surface area (Å²) < 4.78 is 50.7. The molecule has 6 N–H and O–H groups in total. The van der Waals surface area contributed by atoms with E-state index in [1.165, 1.54) is 12.5 Å². The molecule has 1 saturated carbocycles. The van der Waals surface area contributed by atoms with Gasteiger partial charge in [0.05, 0.1) is 47.3 Å². The van der Waals surface area contributed by atoms with E-state index in [-0.39, 0.29) is 31.7 Å². The van der Waals surface area contributed by atoms with Crippen molar-refractivity contribution < 1.29 is 36.6 Å². The number of aromatic nitrogens is 2. The second kappa shape index (κ2) is 17.7. The van der Waals surface area contributed by atoms with Gasteiger partial charge in [-0.2, -0.15) is 0 Å². The number of carbonyl (C=O) groups is 2. The maximum atomic E-state index is 14.0. The number of rotatable bonds is 18. The zero-order valence-corrected chi connectivity index (χ0v) is 30.0. The zero-order valence-electron chi connectivity index (χ0n) is 28.4. The van der Waals surface area contributed by atoms with E-state index < -0.39 is 72.4 Å². The summed E-state index contributed by atoms with van der Waals surface area (Å²) in [5, 5.41) is 27.4. The lowest BCUT2D eigenvalue weighted by atomic mass is 9.83. The Kier molecular flexibility index (Phi) is 14.6. The number of sulfone groups is 1. The van der Waals surface area contributed by atoms with Crippen molar-refractivity contribution in [2.75, 3.05) is 18.6 Å². The average molecular weight is 712 g/mol. The molecule has 1 unspecified atom stereocenters. The van der Waals surface area contributed by atoms with Crippen molar-refractivity contribution in [1.29, 1.82) is 0 Å². The number of hydrogen-bond acceptors (Lipinski definition) is 9. The van der Waals surface area contributed by atoms with Crippen LogP contribution in [-0.2, 0) is 42.3 Å². The van der Waals surface area contributed by atoms with Crippen molar-refractivity contribution in [2.45, 2.75) is 108 Å². The third-order valence-electron chi connectivity index (χ3n) is 8.86. The highest BCUT2D eigenvalue weighted by molar-refractivity contribution is 7.92. The molecule has 0 radical (unpaired) electrons. The predicted octanol–water partition coefficient (Wildman–Crippen LogP) is 1.63. The fourth-order valence-electron chi connectivity index (χ4n) is 5.91. The Bertz CT molecular complexity index is 1510. The monoisotopic (exact) mass is 711 g/mol.